The Bertz CT molecular complexity index is 996. The van der Waals surface area contributed by atoms with Gasteiger partial charge in [-0.2, -0.15) is 0 Å². The molecule has 2 aliphatic rings. The fraction of sp³-hybridized carbons (Fsp3) is 0.333. The molecule has 6 heteroatoms. The van der Waals surface area contributed by atoms with E-state index < -0.39 is 6.10 Å². The van der Waals surface area contributed by atoms with Crippen LogP contribution in [0.5, 0.6) is 0 Å². The number of hydrogen-bond donors (Lipinski definition) is 2. The second-order valence-electron chi connectivity index (χ2n) is 8.11. The van der Waals surface area contributed by atoms with Gasteiger partial charge in [-0.25, -0.2) is 9.97 Å². The van der Waals surface area contributed by atoms with Crippen LogP contribution in [-0.4, -0.2) is 51.8 Å². The summed E-state index contributed by atoms with van der Waals surface area (Å²) in [7, 11) is 0. The molecule has 1 aromatic heterocycles. The fourth-order valence-corrected chi connectivity index (χ4v) is 4.61. The van der Waals surface area contributed by atoms with Crippen molar-refractivity contribution < 1.29 is 5.11 Å². The van der Waals surface area contributed by atoms with Crippen LogP contribution in [0.1, 0.15) is 17.5 Å². The second-order valence-corrected chi connectivity index (χ2v) is 8.11. The van der Waals surface area contributed by atoms with Crippen molar-refractivity contribution in [3.8, 4) is 0 Å². The van der Waals surface area contributed by atoms with Crippen LogP contribution in [-0.2, 0) is 13.0 Å². The first-order valence-corrected chi connectivity index (χ1v) is 10.6. The van der Waals surface area contributed by atoms with Crippen molar-refractivity contribution in [2.75, 3.05) is 29.9 Å². The zero-order valence-corrected chi connectivity index (χ0v) is 17.0. The minimum Gasteiger partial charge on any atom is -0.390 e. The zero-order chi connectivity index (χ0) is 20.3. The third kappa shape index (κ3) is 4.01. The van der Waals surface area contributed by atoms with Crippen molar-refractivity contribution in [2.24, 2.45) is 0 Å². The van der Waals surface area contributed by atoms with Gasteiger partial charge in [0.05, 0.1) is 6.10 Å². The Morgan fingerprint density at radius 3 is 2.57 bits per heavy atom. The summed E-state index contributed by atoms with van der Waals surface area (Å²) >= 11 is 0. The van der Waals surface area contributed by atoms with Crippen molar-refractivity contribution in [3.63, 3.8) is 0 Å². The lowest BCUT2D eigenvalue weighted by Crippen LogP contribution is -2.55. The van der Waals surface area contributed by atoms with E-state index in [0.717, 1.165) is 49.8 Å². The molecule has 0 saturated carbocycles. The van der Waals surface area contributed by atoms with Crippen molar-refractivity contribution in [1.29, 1.82) is 0 Å². The average Bonchev–Trinajstić information content (AvgIpc) is 2.79. The molecule has 154 valence electrons. The molecule has 0 bridgehead atoms. The number of para-hydroxylation sites is 1. The molecule has 2 aromatic carbocycles. The molecule has 1 saturated heterocycles. The Balaban J connectivity index is 1.25. The summed E-state index contributed by atoms with van der Waals surface area (Å²) in [5.41, 5.74) is 3.83. The van der Waals surface area contributed by atoms with Crippen LogP contribution >= 0.6 is 0 Å². The van der Waals surface area contributed by atoms with Crippen molar-refractivity contribution in [1.82, 2.24) is 14.9 Å². The van der Waals surface area contributed by atoms with E-state index in [1.54, 1.807) is 6.33 Å². The number of benzene rings is 2. The third-order valence-electron chi connectivity index (χ3n) is 6.20. The molecule has 0 spiro atoms. The van der Waals surface area contributed by atoms with Gasteiger partial charge in [-0.1, -0.05) is 42.5 Å². The molecule has 2 atom stereocenters. The summed E-state index contributed by atoms with van der Waals surface area (Å²) in [6.45, 7) is 3.40. The van der Waals surface area contributed by atoms with Crippen molar-refractivity contribution in [3.05, 3.63) is 78.1 Å². The van der Waals surface area contributed by atoms with Crippen LogP contribution in [0, 0.1) is 0 Å². The fourth-order valence-electron chi connectivity index (χ4n) is 4.61. The van der Waals surface area contributed by atoms with E-state index in [1.165, 1.54) is 11.1 Å². The molecular weight excluding hydrogens is 374 g/mol. The van der Waals surface area contributed by atoms with Gasteiger partial charge in [0.15, 0.2) is 0 Å². The van der Waals surface area contributed by atoms with Gasteiger partial charge in [0.2, 0.25) is 0 Å². The zero-order valence-electron chi connectivity index (χ0n) is 17.0. The number of β-amino-alcohol motifs (C(OH)–C–C–N with tert-alkyl or cyclic N) is 1. The first-order chi connectivity index (χ1) is 14.8. The Morgan fingerprint density at radius 1 is 0.933 bits per heavy atom. The van der Waals surface area contributed by atoms with E-state index in [1.807, 2.05) is 36.4 Å². The molecule has 0 amide bonds. The number of rotatable bonds is 4. The minimum absolute atomic E-state index is 0.193. The molecule has 2 aliphatic heterocycles. The Hall–Kier alpha value is -2.96. The maximum absolute atomic E-state index is 11.0. The van der Waals surface area contributed by atoms with Gasteiger partial charge in [-0.05, 0) is 36.1 Å². The van der Waals surface area contributed by atoms with E-state index in [9.17, 15) is 5.11 Å². The summed E-state index contributed by atoms with van der Waals surface area (Å²) < 4.78 is 0. The standard InChI is InChI=1S/C24H27N5O/c30-22-16-29(24-14-23(25-17-26-24)27-20-8-2-1-3-9-20)13-11-21(22)28-12-10-18-6-4-5-7-19(18)15-28/h1-9,14,17,21-22,30H,10-13,15-16H2,(H,25,26,27)/t21-,22-/m1/s1. The van der Waals surface area contributed by atoms with Crippen LogP contribution in [0.25, 0.3) is 0 Å². The molecule has 2 N–H and O–H groups in total. The summed E-state index contributed by atoms with van der Waals surface area (Å²) in [6, 6.07) is 20.8. The van der Waals surface area contributed by atoms with E-state index in [-0.39, 0.29) is 6.04 Å². The number of aromatic nitrogens is 2. The van der Waals surface area contributed by atoms with Crippen LogP contribution < -0.4 is 10.2 Å². The predicted molar refractivity (Wildman–Crippen MR) is 119 cm³/mol. The first kappa shape index (κ1) is 19.0. The van der Waals surface area contributed by atoms with E-state index in [4.69, 9.17) is 0 Å². The molecule has 3 heterocycles. The summed E-state index contributed by atoms with van der Waals surface area (Å²) in [5, 5.41) is 14.3. The molecule has 0 aliphatic carbocycles. The highest BCUT2D eigenvalue weighted by Gasteiger charge is 2.34. The largest absolute Gasteiger partial charge is 0.390 e. The molecule has 1 fully saturated rings. The SMILES string of the molecule is O[C@@H]1CN(c2cc(Nc3ccccc3)ncn2)CC[C@H]1N1CCc2ccccc2C1. The second kappa shape index (κ2) is 8.42. The number of aliphatic hydroxyl groups excluding tert-OH is 1. The normalized spacial score (nSPS) is 21.8. The van der Waals surface area contributed by atoms with Crippen LogP contribution in [0.2, 0.25) is 0 Å². The van der Waals surface area contributed by atoms with Gasteiger partial charge in [-0.3, -0.25) is 4.90 Å². The number of hydrogen-bond acceptors (Lipinski definition) is 6. The number of nitrogens with one attached hydrogen (secondary N) is 1. The third-order valence-corrected chi connectivity index (χ3v) is 6.20. The highest BCUT2D eigenvalue weighted by atomic mass is 16.3. The van der Waals surface area contributed by atoms with Crippen molar-refractivity contribution in [2.45, 2.75) is 31.5 Å². The van der Waals surface area contributed by atoms with Crippen LogP contribution in [0.15, 0.2) is 67.0 Å². The van der Waals surface area contributed by atoms with Gasteiger partial charge in [0.25, 0.3) is 0 Å². The Kier molecular flexibility index (Phi) is 5.34. The lowest BCUT2D eigenvalue weighted by atomic mass is 9.94. The topological polar surface area (TPSA) is 64.5 Å². The highest BCUT2D eigenvalue weighted by molar-refractivity contribution is 5.59. The lowest BCUT2D eigenvalue weighted by Gasteiger charge is -2.43. The number of aliphatic hydroxyl groups is 1. The van der Waals surface area contributed by atoms with Gasteiger partial charge in [0.1, 0.15) is 18.0 Å². The summed E-state index contributed by atoms with van der Waals surface area (Å²) in [4.78, 5) is 13.4. The molecule has 5 rings (SSSR count). The molecule has 3 aromatic rings. The smallest absolute Gasteiger partial charge is 0.135 e. The highest BCUT2D eigenvalue weighted by Crippen LogP contribution is 2.27. The number of piperidine rings is 1. The number of nitrogens with zero attached hydrogens (tertiary/aromatic N) is 4. The molecule has 6 nitrogen and oxygen atoms in total. The van der Waals surface area contributed by atoms with E-state index in [2.05, 4.69) is 49.4 Å². The van der Waals surface area contributed by atoms with Gasteiger partial charge in [0, 0.05) is 44.0 Å². The van der Waals surface area contributed by atoms with Gasteiger partial charge in [-0.15, -0.1) is 0 Å². The Morgan fingerprint density at radius 2 is 1.73 bits per heavy atom. The van der Waals surface area contributed by atoms with E-state index >= 15 is 0 Å². The maximum Gasteiger partial charge on any atom is 0.135 e. The van der Waals surface area contributed by atoms with Crippen molar-refractivity contribution >= 4 is 17.3 Å². The Labute approximate surface area is 177 Å². The van der Waals surface area contributed by atoms with Crippen LogP contribution in [0.3, 0.4) is 0 Å². The van der Waals surface area contributed by atoms with Crippen LogP contribution in [0.4, 0.5) is 17.3 Å². The number of fused-ring (bicyclic) bond motifs is 1. The van der Waals surface area contributed by atoms with Gasteiger partial charge >= 0.3 is 0 Å². The summed E-state index contributed by atoms with van der Waals surface area (Å²) in [5.74, 6) is 1.61. The molecule has 0 unspecified atom stereocenters. The summed E-state index contributed by atoms with van der Waals surface area (Å²) in [6.07, 6.45) is 3.17. The molecule has 30 heavy (non-hydrogen) atoms. The monoisotopic (exact) mass is 401 g/mol. The van der Waals surface area contributed by atoms with E-state index in [0.29, 0.717) is 6.54 Å². The quantitative estimate of drug-likeness (QED) is 0.700. The molecule has 0 radical (unpaired) electrons. The average molecular weight is 402 g/mol. The maximum atomic E-state index is 11.0. The van der Waals surface area contributed by atoms with Gasteiger partial charge < -0.3 is 15.3 Å². The first-order valence-electron chi connectivity index (χ1n) is 10.6. The lowest BCUT2D eigenvalue weighted by molar-refractivity contribution is 0.0293. The predicted octanol–water partition coefficient (Wildman–Crippen LogP) is 3.22. The number of anilines is 3. The minimum atomic E-state index is -0.399. The molecular formula is C24H27N5O.